The summed E-state index contributed by atoms with van der Waals surface area (Å²) in [7, 11) is 3.97. The van der Waals surface area contributed by atoms with Gasteiger partial charge in [0.2, 0.25) is 5.91 Å². The lowest BCUT2D eigenvalue weighted by atomic mass is 10.2. The van der Waals surface area contributed by atoms with Crippen molar-refractivity contribution in [2.75, 3.05) is 24.3 Å². The predicted molar refractivity (Wildman–Crippen MR) is 90.6 cm³/mol. The standard InChI is InChI=1S/C16H19N3O2S/c1-11(20)18-15-9-8-14(22-15)16(21)17-10-12-4-6-13(7-5-12)19(2)3/h4-9H,10H2,1-3H3,(H,17,21)(H,18,20). The van der Waals surface area contributed by atoms with E-state index in [0.717, 1.165) is 11.3 Å². The van der Waals surface area contributed by atoms with Gasteiger partial charge in [0, 0.05) is 33.3 Å². The highest BCUT2D eigenvalue weighted by atomic mass is 32.1. The second kappa shape index (κ2) is 7.09. The number of carbonyl (C=O) groups is 2. The highest BCUT2D eigenvalue weighted by Gasteiger charge is 2.09. The first kappa shape index (κ1) is 16.0. The minimum Gasteiger partial charge on any atom is -0.378 e. The van der Waals surface area contributed by atoms with Gasteiger partial charge in [-0.1, -0.05) is 12.1 Å². The molecule has 1 aromatic heterocycles. The molecule has 0 bridgehead atoms. The lowest BCUT2D eigenvalue weighted by Gasteiger charge is -2.12. The van der Waals surface area contributed by atoms with Crippen LogP contribution in [0.3, 0.4) is 0 Å². The summed E-state index contributed by atoms with van der Waals surface area (Å²) in [4.78, 5) is 25.6. The van der Waals surface area contributed by atoms with E-state index in [1.165, 1.54) is 18.3 Å². The molecule has 116 valence electrons. The van der Waals surface area contributed by atoms with Crippen LogP contribution in [0, 0.1) is 0 Å². The molecule has 0 atom stereocenters. The Labute approximate surface area is 134 Å². The van der Waals surface area contributed by atoms with E-state index in [2.05, 4.69) is 10.6 Å². The van der Waals surface area contributed by atoms with Crippen LogP contribution in [-0.4, -0.2) is 25.9 Å². The first-order chi connectivity index (χ1) is 10.5. The van der Waals surface area contributed by atoms with E-state index in [0.29, 0.717) is 16.4 Å². The molecule has 0 unspecified atom stereocenters. The second-order valence-electron chi connectivity index (χ2n) is 5.09. The van der Waals surface area contributed by atoms with Crippen LogP contribution >= 0.6 is 11.3 Å². The van der Waals surface area contributed by atoms with Crippen molar-refractivity contribution >= 4 is 33.8 Å². The molecule has 0 fully saturated rings. The molecule has 2 aromatic rings. The van der Waals surface area contributed by atoms with Crippen molar-refractivity contribution in [2.45, 2.75) is 13.5 Å². The van der Waals surface area contributed by atoms with Crippen molar-refractivity contribution in [3.05, 3.63) is 46.8 Å². The summed E-state index contributed by atoms with van der Waals surface area (Å²) < 4.78 is 0. The van der Waals surface area contributed by atoms with Gasteiger partial charge < -0.3 is 15.5 Å². The van der Waals surface area contributed by atoms with Gasteiger partial charge >= 0.3 is 0 Å². The number of carbonyl (C=O) groups excluding carboxylic acids is 2. The van der Waals surface area contributed by atoms with Gasteiger partial charge in [-0.25, -0.2) is 0 Å². The number of nitrogens with zero attached hydrogens (tertiary/aromatic N) is 1. The van der Waals surface area contributed by atoms with E-state index in [4.69, 9.17) is 0 Å². The predicted octanol–water partition coefficient (Wildman–Crippen LogP) is 2.70. The molecule has 0 radical (unpaired) electrons. The van der Waals surface area contributed by atoms with Gasteiger partial charge in [0.1, 0.15) is 0 Å². The summed E-state index contributed by atoms with van der Waals surface area (Å²) in [6, 6.07) is 11.5. The Morgan fingerprint density at radius 3 is 2.36 bits per heavy atom. The molecule has 2 amide bonds. The fraction of sp³-hybridized carbons (Fsp3) is 0.250. The highest BCUT2D eigenvalue weighted by molar-refractivity contribution is 7.18. The summed E-state index contributed by atoms with van der Waals surface area (Å²) in [5, 5.41) is 6.22. The van der Waals surface area contributed by atoms with Gasteiger partial charge in [0.15, 0.2) is 0 Å². The van der Waals surface area contributed by atoms with E-state index < -0.39 is 0 Å². The minimum absolute atomic E-state index is 0.140. The molecule has 0 saturated carbocycles. The van der Waals surface area contributed by atoms with Crippen LogP contribution in [0.4, 0.5) is 10.7 Å². The van der Waals surface area contributed by atoms with Gasteiger partial charge in [0.05, 0.1) is 9.88 Å². The summed E-state index contributed by atoms with van der Waals surface area (Å²) in [6.45, 7) is 1.91. The number of hydrogen-bond acceptors (Lipinski definition) is 4. The van der Waals surface area contributed by atoms with Crippen LogP contribution in [0.25, 0.3) is 0 Å². The second-order valence-corrected chi connectivity index (χ2v) is 6.17. The van der Waals surface area contributed by atoms with E-state index in [1.54, 1.807) is 12.1 Å². The van der Waals surface area contributed by atoms with Crippen LogP contribution in [0.5, 0.6) is 0 Å². The number of nitrogens with one attached hydrogen (secondary N) is 2. The molecule has 0 spiro atoms. The molecule has 2 rings (SSSR count). The van der Waals surface area contributed by atoms with Crippen LogP contribution in [-0.2, 0) is 11.3 Å². The zero-order valence-electron chi connectivity index (χ0n) is 12.8. The molecular formula is C16H19N3O2S. The van der Waals surface area contributed by atoms with Crippen LogP contribution < -0.4 is 15.5 Å². The largest absolute Gasteiger partial charge is 0.378 e. The first-order valence-electron chi connectivity index (χ1n) is 6.87. The van der Waals surface area contributed by atoms with Crippen LogP contribution in [0.15, 0.2) is 36.4 Å². The maximum atomic E-state index is 12.1. The number of amides is 2. The third-order valence-electron chi connectivity index (χ3n) is 3.03. The van der Waals surface area contributed by atoms with E-state index in [9.17, 15) is 9.59 Å². The Morgan fingerprint density at radius 2 is 1.77 bits per heavy atom. The van der Waals surface area contributed by atoms with E-state index in [1.807, 2.05) is 43.3 Å². The molecule has 22 heavy (non-hydrogen) atoms. The molecule has 0 aliphatic rings. The van der Waals surface area contributed by atoms with Crippen molar-refractivity contribution < 1.29 is 9.59 Å². The van der Waals surface area contributed by atoms with Crippen molar-refractivity contribution in [3.63, 3.8) is 0 Å². The molecule has 2 N–H and O–H groups in total. The lowest BCUT2D eigenvalue weighted by Crippen LogP contribution is -2.21. The number of hydrogen-bond donors (Lipinski definition) is 2. The fourth-order valence-corrected chi connectivity index (χ4v) is 2.75. The average molecular weight is 317 g/mol. The molecule has 5 nitrogen and oxygen atoms in total. The minimum atomic E-state index is -0.144. The van der Waals surface area contributed by atoms with Crippen LogP contribution in [0.1, 0.15) is 22.2 Å². The zero-order valence-corrected chi connectivity index (χ0v) is 13.7. The first-order valence-corrected chi connectivity index (χ1v) is 7.69. The topological polar surface area (TPSA) is 61.4 Å². The average Bonchev–Trinajstić information content (AvgIpc) is 2.93. The van der Waals surface area contributed by atoms with Crippen molar-refractivity contribution in [1.29, 1.82) is 0 Å². The SMILES string of the molecule is CC(=O)Nc1ccc(C(=O)NCc2ccc(N(C)C)cc2)s1. The van der Waals surface area contributed by atoms with Crippen LogP contribution in [0.2, 0.25) is 0 Å². The Bertz CT molecular complexity index is 662. The van der Waals surface area contributed by atoms with Crippen molar-refractivity contribution in [3.8, 4) is 0 Å². The molecule has 0 saturated heterocycles. The fourth-order valence-electron chi connectivity index (χ4n) is 1.88. The smallest absolute Gasteiger partial charge is 0.261 e. The molecule has 6 heteroatoms. The maximum absolute atomic E-state index is 12.1. The summed E-state index contributed by atoms with van der Waals surface area (Å²) in [5.74, 6) is -0.284. The van der Waals surface area contributed by atoms with Crippen molar-refractivity contribution in [2.24, 2.45) is 0 Å². The quantitative estimate of drug-likeness (QED) is 0.891. The Morgan fingerprint density at radius 1 is 1.09 bits per heavy atom. The van der Waals surface area contributed by atoms with Gasteiger partial charge in [-0.2, -0.15) is 0 Å². The maximum Gasteiger partial charge on any atom is 0.261 e. The zero-order chi connectivity index (χ0) is 16.1. The number of benzene rings is 1. The summed E-state index contributed by atoms with van der Waals surface area (Å²) in [5.41, 5.74) is 2.16. The molecule has 0 aliphatic heterocycles. The normalized spacial score (nSPS) is 10.1. The highest BCUT2D eigenvalue weighted by Crippen LogP contribution is 2.21. The van der Waals surface area contributed by atoms with Gasteiger partial charge in [0.25, 0.3) is 5.91 Å². The molecular weight excluding hydrogens is 298 g/mol. The van der Waals surface area contributed by atoms with E-state index >= 15 is 0 Å². The molecule has 1 heterocycles. The Balaban J connectivity index is 1.92. The monoisotopic (exact) mass is 317 g/mol. The Kier molecular flexibility index (Phi) is 5.16. The van der Waals surface area contributed by atoms with Crippen molar-refractivity contribution in [1.82, 2.24) is 5.32 Å². The molecule has 0 aliphatic carbocycles. The number of anilines is 2. The third kappa shape index (κ3) is 4.33. The molecule has 1 aromatic carbocycles. The summed E-state index contributed by atoms with van der Waals surface area (Å²) >= 11 is 1.26. The van der Waals surface area contributed by atoms with Gasteiger partial charge in [-0.15, -0.1) is 11.3 Å². The Hall–Kier alpha value is -2.34. The van der Waals surface area contributed by atoms with E-state index in [-0.39, 0.29) is 11.8 Å². The lowest BCUT2D eigenvalue weighted by molar-refractivity contribution is -0.114. The van der Waals surface area contributed by atoms with Gasteiger partial charge in [-0.05, 0) is 29.8 Å². The number of rotatable bonds is 5. The summed E-state index contributed by atoms with van der Waals surface area (Å²) in [6.07, 6.45) is 0. The third-order valence-corrected chi connectivity index (χ3v) is 4.03. The number of thiophene rings is 1. The van der Waals surface area contributed by atoms with Gasteiger partial charge in [-0.3, -0.25) is 9.59 Å².